The predicted octanol–water partition coefficient (Wildman–Crippen LogP) is 2.08. The van der Waals surface area contributed by atoms with Crippen LogP contribution >= 0.6 is 0 Å². The van der Waals surface area contributed by atoms with Gasteiger partial charge in [-0.25, -0.2) is 4.85 Å². The van der Waals surface area contributed by atoms with Gasteiger partial charge in [0.05, 0.1) is 13.7 Å². The standard InChI is InChI=1S/C12H11NO3/c1-8(14)11(12(15)16-3)9-4-6-10(13-2)7-5-9/h4-7,11H,1,3H3. The van der Waals surface area contributed by atoms with Crippen molar-refractivity contribution in [1.29, 1.82) is 0 Å². The summed E-state index contributed by atoms with van der Waals surface area (Å²) in [4.78, 5) is 26.0. The summed E-state index contributed by atoms with van der Waals surface area (Å²) in [6.07, 6.45) is 0. The molecule has 16 heavy (non-hydrogen) atoms. The molecule has 0 aromatic heterocycles. The molecule has 0 saturated carbocycles. The van der Waals surface area contributed by atoms with Gasteiger partial charge in [0, 0.05) is 0 Å². The van der Waals surface area contributed by atoms with Crippen molar-refractivity contribution in [3.05, 3.63) is 41.2 Å². The largest absolute Gasteiger partial charge is 0.468 e. The highest BCUT2D eigenvalue weighted by molar-refractivity contribution is 6.03. The molecule has 1 aromatic rings. The topological polar surface area (TPSA) is 47.7 Å². The van der Waals surface area contributed by atoms with Crippen molar-refractivity contribution in [2.45, 2.75) is 12.8 Å². The van der Waals surface area contributed by atoms with Gasteiger partial charge in [0.25, 0.3) is 0 Å². The van der Waals surface area contributed by atoms with E-state index < -0.39 is 11.9 Å². The number of ether oxygens (including phenoxy) is 1. The van der Waals surface area contributed by atoms with E-state index in [1.54, 1.807) is 24.3 Å². The van der Waals surface area contributed by atoms with Gasteiger partial charge in [-0.1, -0.05) is 24.3 Å². The molecule has 4 nitrogen and oxygen atoms in total. The van der Waals surface area contributed by atoms with Crippen LogP contribution in [0.1, 0.15) is 18.4 Å². The summed E-state index contributed by atoms with van der Waals surface area (Å²) < 4.78 is 4.56. The minimum absolute atomic E-state index is 0.276. The Morgan fingerprint density at radius 2 is 1.88 bits per heavy atom. The molecular weight excluding hydrogens is 206 g/mol. The number of carbonyl (C=O) groups excluding carboxylic acids is 2. The van der Waals surface area contributed by atoms with Gasteiger partial charge >= 0.3 is 5.97 Å². The monoisotopic (exact) mass is 217 g/mol. The van der Waals surface area contributed by atoms with Crippen LogP contribution in [0.2, 0.25) is 0 Å². The van der Waals surface area contributed by atoms with Crippen LogP contribution in [0.25, 0.3) is 4.85 Å². The van der Waals surface area contributed by atoms with Crippen LogP contribution in [-0.2, 0) is 14.3 Å². The fourth-order valence-electron chi connectivity index (χ4n) is 1.40. The Labute approximate surface area is 93.7 Å². The highest BCUT2D eigenvalue weighted by Gasteiger charge is 2.25. The maximum absolute atomic E-state index is 11.4. The predicted molar refractivity (Wildman–Crippen MR) is 58.1 cm³/mol. The van der Waals surface area contributed by atoms with Gasteiger partial charge in [-0.15, -0.1) is 0 Å². The van der Waals surface area contributed by atoms with E-state index in [1.165, 1.54) is 14.0 Å². The first kappa shape index (κ1) is 11.9. The third-order valence-electron chi connectivity index (χ3n) is 2.20. The van der Waals surface area contributed by atoms with Gasteiger partial charge in [-0.05, 0) is 12.5 Å². The molecule has 1 atom stereocenters. The van der Waals surface area contributed by atoms with Gasteiger partial charge in [0.15, 0.2) is 5.69 Å². The molecule has 0 heterocycles. The van der Waals surface area contributed by atoms with Gasteiger partial charge < -0.3 is 4.74 Å². The van der Waals surface area contributed by atoms with Crippen LogP contribution in [0, 0.1) is 6.57 Å². The van der Waals surface area contributed by atoms with Crippen LogP contribution < -0.4 is 0 Å². The van der Waals surface area contributed by atoms with E-state index in [9.17, 15) is 9.59 Å². The van der Waals surface area contributed by atoms with E-state index in [1.807, 2.05) is 0 Å². The summed E-state index contributed by atoms with van der Waals surface area (Å²) in [5.74, 6) is -1.75. The third-order valence-corrected chi connectivity index (χ3v) is 2.20. The maximum Gasteiger partial charge on any atom is 0.320 e. The van der Waals surface area contributed by atoms with E-state index in [4.69, 9.17) is 6.57 Å². The SMILES string of the molecule is [C-]#[N+]c1ccc(C(C(C)=O)C(=O)OC)cc1. The van der Waals surface area contributed by atoms with Gasteiger partial charge in [0.1, 0.15) is 11.7 Å². The number of ketones is 1. The smallest absolute Gasteiger partial charge is 0.320 e. The van der Waals surface area contributed by atoms with E-state index in [0.717, 1.165) is 0 Å². The molecule has 0 N–H and O–H groups in total. The quantitative estimate of drug-likeness (QED) is 0.442. The summed E-state index contributed by atoms with van der Waals surface area (Å²) >= 11 is 0. The van der Waals surface area contributed by atoms with Crippen LogP contribution in [0.5, 0.6) is 0 Å². The van der Waals surface area contributed by atoms with Crippen molar-refractivity contribution in [3.8, 4) is 0 Å². The Morgan fingerprint density at radius 1 is 1.31 bits per heavy atom. The lowest BCUT2D eigenvalue weighted by Crippen LogP contribution is -2.20. The highest BCUT2D eigenvalue weighted by Crippen LogP contribution is 2.21. The molecule has 0 aliphatic carbocycles. The Hall–Kier alpha value is -2.15. The number of rotatable bonds is 3. The van der Waals surface area contributed by atoms with E-state index >= 15 is 0 Å². The average Bonchev–Trinajstić information content (AvgIpc) is 2.29. The van der Waals surface area contributed by atoms with Crippen LogP contribution in [0.15, 0.2) is 24.3 Å². The molecule has 1 unspecified atom stereocenters. The minimum Gasteiger partial charge on any atom is -0.468 e. The summed E-state index contributed by atoms with van der Waals surface area (Å²) in [5.41, 5.74) is 1.02. The first-order valence-corrected chi connectivity index (χ1v) is 4.66. The normalized spacial score (nSPS) is 11.3. The summed E-state index contributed by atoms with van der Waals surface area (Å²) in [6, 6.07) is 6.33. The summed E-state index contributed by atoms with van der Waals surface area (Å²) in [6.45, 7) is 8.13. The van der Waals surface area contributed by atoms with Crippen LogP contribution in [-0.4, -0.2) is 18.9 Å². The first-order chi connectivity index (χ1) is 7.60. The Balaban J connectivity index is 3.08. The fourth-order valence-corrected chi connectivity index (χ4v) is 1.40. The van der Waals surface area contributed by atoms with Crippen LogP contribution in [0.3, 0.4) is 0 Å². The zero-order chi connectivity index (χ0) is 12.1. The van der Waals surface area contributed by atoms with E-state index in [0.29, 0.717) is 11.3 Å². The Morgan fingerprint density at radius 3 is 2.25 bits per heavy atom. The van der Waals surface area contributed by atoms with Crippen molar-refractivity contribution >= 4 is 17.4 Å². The van der Waals surface area contributed by atoms with Gasteiger partial charge in [0.2, 0.25) is 0 Å². The zero-order valence-corrected chi connectivity index (χ0v) is 9.06. The number of carbonyl (C=O) groups is 2. The average molecular weight is 217 g/mol. The molecule has 0 amide bonds. The Bertz CT molecular complexity index is 442. The molecule has 0 aliphatic heterocycles. The second-order valence-electron chi connectivity index (χ2n) is 3.27. The molecule has 0 bridgehead atoms. The van der Waals surface area contributed by atoms with Crippen molar-refractivity contribution in [2.75, 3.05) is 7.11 Å². The number of esters is 1. The lowest BCUT2D eigenvalue weighted by Gasteiger charge is -2.11. The third kappa shape index (κ3) is 2.45. The maximum atomic E-state index is 11.4. The number of Topliss-reactive ketones (excluding diaryl/α,β-unsaturated/α-hetero) is 1. The molecule has 0 aliphatic rings. The van der Waals surface area contributed by atoms with E-state index in [2.05, 4.69) is 9.58 Å². The van der Waals surface area contributed by atoms with Gasteiger partial charge in [-0.3, -0.25) is 9.59 Å². The minimum atomic E-state index is -0.898. The molecule has 0 spiro atoms. The van der Waals surface area contributed by atoms with Crippen molar-refractivity contribution in [3.63, 3.8) is 0 Å². The molecule has 0 radical (unpaired) electrons. The van der Waals surface area contributed by atoms with Gasteiger partial charge in [-0.2, -0.15) is 0 Å². The molecule has 0 fully saturated rings. The summed E-state index contributed by atoms with van der Waals surface area (Å²) in [7, 11) is 1.24. The molecule has 1 rings (SSSR count). The number of nitrogens with zero attached hydrogens (tertiary/aromatic N) is 1. The summed E-state index contributed by atoms with van der Waals surface area (Å²) in [5, 5.41) is 0. The first-order valence-electron chi connectivity index (χ1n) is 4.66. The number of hydrogen-bond acceptors (Lipinski definition) is 3. The highest BCUT2D eigenvalue weighted by atomic mass is 16.5. The lowest BCUT2D eigenvalue weighted by atomic mass is 9.95. The number of benzene rings is 1. The fraction of sp³-hybridized carbons (Fsp3) is 0.250. The van der Waals surface area contributed by atoms with Crippen molar-refractivity contribution in [1.82, 2.24) is 0 Å². The van der Waals surface area contributed by atoms with Crippen molar-refractivity contribution in [2.24, 2.45) is 0 Å². The number of methoxy groups -OCH3 is 1. The molecule has 4 heteroatoms. The second kappa shape index (κ2) is 5.08. The Kier molecular flexibility index (Phi) is 3.78. The molecule has 1 aromatic carbocycles. The second-order valence-corrected chi connectivity index (χ2v) is 3.27. The van der Waals surface area contributed by atoms with Crippen LogP contribution in [0.4, 0.5) is 5.69 Å². The van der Waals surface area contributed by atoms with E-state index in [-0.39, 0.29) is 5.78 Å². The zero-order valence-electron chi connectivity index (χ0n) is 9.06. The number of hydrogen-bond donors (Lipinski definition) is 0. The van der Waals surface area contributed by atoms with Crippen molar-refractivity contribution < 1.29 is 14.3 Å². The molecule has 0 saturated heterocycles. The molecule has 82 valence electrons. The lowest BCUT2D eigenvalue weighted by molar-refractivity contribution is -0.145. The molecular formula is C12H11NO3.